The molecule has 0 aliphatic heterocycles. The van der Waals surface area contributed by atoms with Crippen LogP contribution in [0.25, 0.3) is 0 Å². The maximum Gasteiger partial charge on any atom is 0.182 e. The molecule has 4 heteroatoms. The number of hydrogen-bond donors (Lipinski definition) is 0. The topological polar surface area (TPSA) is 55.1 Å². The fourth-order valence-electron chi connectivity index (χ4n) is 2.44. The maximum atomic E-state index is 9.16. The summed E-state index contributed by atoms with van der Waals surface area (Å²) in [6, 6.07) is 23.4. The summed E-state index contributed by atoms with van der Waals surface area (Å²) in [4.78, 5) is 4.25. The van der Waals surface area contributed by atoms with Gasteiger partial charge in [-0.15, -0.1) is 0 Å². The van der Waals surface area contributed by atoms with Crippen molar-refractivity contribution in [2.24, 2.45) is 0 Å². The van der Waals surface area contributed by atoms with E-state index in [-0.39, 0.29) is 0 Å². The molecule has 0 amide bonds. The normalized spacial score (nSPS) is 10.1. The second-order valence-electron chi connectivity index (χ2n) is 5.58. The highest BCUT2D eigenvalue weighted by Crippen LogP contribution is 2.32. The number of nitrogens with zero attached hydrogens (tertiary/aromatic N) is 2. The second kappa shape index (κ2) is 7.98. The van der Waals surface area contributed by atoms with Crippen molar-refractivity contribution in [3.63, 3.8) is 0 Å². The summed E-state index contributed by atoms with van der Waals surface area (Å²) in [5, 5.41) is 9.16. The Hall–Kier alpha value is -3.32. The van der Waals surface area contributed by atoms with E-state index in [2.05, 4.69) is 11.1 Å². The summed E-state index contributed by atoms with van der Waals surface area (Å²) >= 11 is 0. The smallest absolute Gasteiger partial charge is 0.182 e. The van der Waals surface area contributed by atoms with Crippen LogP contribution in [0.2, 0.25) is 0 Å². The van der Waals surface area contributed by atoms with Gasteiger partial charge in [0.05, 0.1) is 5.69 Å². The molecule has 25 heavy (non-hydrogen) atoms. The molecule has 3 rings (SSSR count). The van der Waals surface area contributed by atoms with Gasteiger partial charge in [0.25, 0.3) is 0 Å². The Labute approximate surface area is 147 Å². The number of pyridine rings is 1. The Morgan fingerprint density at radius 1 is 0.880 bits per heavy atom. The standard InChI is InChI=1S/C21H18N2O2/c1-16-21(25-15-18-10-6-3-7-11-18)20(12-19(13-22)23-16)24-14-17-8-4-2-5-9-17/h2-12H,14-15H2,1H3. The quantitative estimate of drug-likeness (QED) is 0.671. The number of ether oxygens (including phenoxy) is 2. The molecule has 0 N–H and O–H groups in total. The Morgan fingerprint density at radius 3 is 2.00 bits per heavy atom. The van der Waals surface area contributed by atoms with Crippen molar-refractivity contribution >= 4 is 0 Å². The molecule has 0 atom stereocenters. The third kappa shape index (κ3) is 4.36. The molecule has 0 saturated carbocycles. The summed E-state index contributed by atoms with van der Waals surface area (Å²) < 4.78 is 11.9. The lowest BCUT2D eigenvalue weighted by molar-refractivity contribution is 0.253. The molecule has 0 bridgehead atoms. The Morgan fingerprint density at radius 2 is 1.44 bits per heavy atom. The SMILES string of the molecule is Cc1nc(C#N)cc(OCc2ccccc2)c1OCc1ccccc1. The lowest BCUT2D eigenvalue weighted by Crippen LogP contribution is -2.04. The summed E-state index contributed by atoms with van der Waals surface area (Å²) in [6.07, 6.45) is 0. The highest BCUT2D eigenvalue weighted by Gasteiger charge is 2.13. The van der Waals surface area contributed by atoms with Crippen LogP contribution in [-0.4, -0.2) is 4.98 Å². The minimum Gasteiger partial charge on any atom is -0.485 e. The van der Waals surface area contributed by atoms with Crippen LogP contribution in [0.4, 0.5) is 0 Å². The van der Waals surface area contributed by atoms with Crippen LogP contribution >= 0.6 is 0 Å². The predicted octanol–water partition coefficient (Wildman–Crippen LogP) is 4.42. The van der Waals surface area contributed by atoms with Gasteiger partial charge in [0.2, 0.25) is 0 Å². The number of aryl methyl sites for hydroxylation is 1. The third-order valence-electron chi connectivity index (χ3n) is 3.69. The van der Waals surface area contributed by atoms with Crippen molar-refractivity contribution in [3.8, 4) is 17.6 Å². The molecule has 0 spiro atoms. The maximum absolute atomic E-state index is 9.16. The first-order chi connectivity index (χ1) is 12.3. The van der Waals surface area contributed by atoms with Crippen molar-refractivity contribution in [1.82, 2.24) is 4.98 Å². The fourth-order valence-corrected chi connectivity index (χ4v) is 2.44. The van der Waals surface area contributed by atoms with Crippen LogP contribution < -0.4 is 9.47 Å². The number of hydrogen-bond acceptors (Lipinski definition) is 4. The average Bonchev–Trinajstić information content (AvgIpc) is 2.67. The summed E-state index contributed by atoms with van der Waals surface area (Å²) in [5.74, 6) is 1.10. The van der Waals surface area contributed by atoms with E-state index >= 15 is 0 Å². The molecule has 0 aliphatic rings. The van der Waals surface area contributed by atoms with E-state index in [1.54, 1.807) is 6.07 Å². The molecule has 0 unspecified atom stereocenters. The zero-order chi connectivity index (χ0) is 17.5. The van der Waals surface area contributed by atoms with Crippen molar-refractivity contribution in [2.75, 3.05) is 0 Å². The van der Waals surface area contributed by atoms with Gasteiger partial charge in [-0.3, -0.25) is 0 Å². The molecule has 0 saturated heterocycles. The lowest BCUT2D eigenvalue weighted by Gasteiger charge is -2.15. The molecule has 1 heterocycles. The molecule has 3 aromatic rings. The molecular weight excluding hydrogens is 312 g/mol. The van der Waals surface area contributed by atoms with Crippen LogP contribution in [0, 0.1) is 18.3 Å². The second-order valence-corrected chi connectivity index (χ2v) is 5.58. The monoisotopic (exact) mass is 330 g/mol. The van der Waals surface area contributed by atoms with Crippen LogP contribution in [0.3, 0.4) is 0 Å². The Kier molecular flexibility index (Phi) is 5.28. The van der Waals surface area contributed by atoms with E-state index in [4.69, 9.17) is 14.7 Å². The van der Waals surface area contributed by atoms with E-state index < -0.39 is 0 Å². The predicted molar refractivity (Wildman–Crippen MR) is 95.2 cm³/mol. The van der Waals surface area contributed by atoms with Gasteiger partial charge in [-0.1, -0.05) is 60.7 Å². The molecule has 0 fully saturated rings. The average molecular weight is 330 g/mol. The molecule has 0 aliphatic carbocycles. The number of aromatic nitrogens is 1. The van der Waals surface area contributed by atoms with Crippen molar-refractivity contribution < 1.29 is 9.47 Å². The van der Waals surface area contributed by atoms with Gasteiger partial charge < -0.3 is 9.47 Å². The first-order valence-electron chi connectivity index (χ1n) is 8.01. The number of nitriles is 1. The van der Waals surface area contributed by atoms with Crippen LogP contribution in [0.5, 0.6) is 11.5 Å². The number of rotatable bonds is 6. The first-order valence-corrected chi connectivity index (χ1v) is 8.01. The molecular formula is C21H18N2O2. The van der Waals surface area contributed by atoms with Gasteiger partial charge >= 0.3 is 0 Å². The van der Waals surface area contributed by atoms with E-state index in [1.807, 2.05) is 67.6 Å². The van der Waals surface area contributed by atoms with E-state index in [0.29, 0.717) is 36.1 Å². The van der Waals surface area contributed by atoms with Crippen molar-refractivity contribution in [3.05, 3.63) is 89.2 Å². The first kappa shape index (κ1) is 16.5. The van der Waals surface area contributed by atoms with Crippen LogP contribution in [0.1, 0.15) is 22.5 Å². The van der Waals surface area contributed by atoms with Crippen LogP contribution in [-0.2, 0) is 13.2 Å². The van der Waals surface area contributed by atoms with Gasteiger partial charge in [0.15, 0.2) is 11.5 Å². The molecule has 2 aromatic carbocycles. The summed E-state index contributed by atoms with van der Waals surface area (Å²) in [6.45, 7) is 2.63. The van der Waals surface area contributed by atoms with Crippen molar-refractivity contribution in [2.45, 2.75) is 20.1 Å². The van der Waals surface area contributed by atoms with Gasteiger partial charge in [-0.2, -0.15) is 5.26 Å². The molecule has 4 nitrogen and oxygen atoms in total. The fraction of sp³-hybridized carbons (Fsp3) is 0.143. The Bertz CT molecular complexity index is 872. The molecule has 124 valence electrons. The Balaban J connectivity index is 1.81. The minimum absolute atomic E-state index is 0.313. The van der Waals surface area contributed by atoms with Crippen molar-refractivity contribution in [1.29, 1.82) is 5.26 Å². The zero-order valence-electron chi connectivity index (χ0n) is 14.0. The summed E-state index contributed by atoms with van der Waals surface area (Å²) in [7, 11) is 0. The van der Waals surface area contributed by atoms with E-state index in [1.165, 1.54) is 0 Å². The van der Waals surface area contributed by atoms with Crippen LogP contribution in [0.15, 0.2) is 66.7 Å². The zero-order valence-corrected chi connectivity index (χ0v) is 14.0. The third-order valence-corrected chi connectivity index (χ3v) is 3.69. The molecule has 1 aromatic heterocycles. The molecule has 0 radical (unpaired) electrons. The van der Waals surface area contributed by atoms with Gasteiger partial charge in [0.1, 0.15) is 25.0 Å². The minimum atomic E-state index is 0.313. The van der Waals surface area contributed by atoms with Gasteiger partial charge in [-0.25, -0.2) is 4.98 Å². The number of benzene rings is 2. The van der Waals surface area contributed by atoms with E-state index in [9.17, 15) is 0 Å². The lowest BCUT2D eigenvalue weighted by atomic mass is 10.2. The van der Waals surface area contributed by atoms with E-state index in [0.717, 1.165) is 11.1 Å². The summed E-state index contributed by atoms with van der Waals surface area (Å²) in [5.41, 5.74) is 3.05. The van der Waals surface area contributed by atoms with Gasteiger partial charge in [-0.05, 0) is 18.1 Å². The van der Waals surface area contributed by atoms with Gasteiger partial charge in [0, 0.05) is 6.07 Å². The highest BCUT2D eigenvalue weighted by atomic mass is 16.5. The largest absolute Gasteiger partial charge is 0.485 e. The highest BCUT2D eigenvalue weighted by molar-refractivity contribution is 5.47.